The number of aliphatic imine (C=N–C) groups is 1. The number of nitrogens with zero attached hydrogens (tertiary/aromatic N) is 2. The van der Waals surface area contributed by atoms with Gasteiger partial charge in [0.15, 0.2) is 5.82 Å². The van der Waals surface area contributed by atoms with Gasteiger partial charge in [0, 0.05) is 12.4 Å². The molecule has 3 rings (SSSR count). The third-order valence-electron chi connectivity index (χ3n) is 3.05. The lowest BCUT2D eigenvalue weighted by Crippen LogP contribution is -2.06. The first-order valence-corrected chi connectivity index (χ1v) is 6.36. The Kier molecular flexibility index (Phi) is 3.23. The maximum absolute atomic E-state index is 11.9. The number of aryl methyl sites for hydroxylation is 1. The van der Waals surface area contributed by atoms with Gasteiger partial charge in [0.1, 0.15) is 16.9 Å². The monoisotopic (exact) mass is 280 g/mol. The van der Waals surface area contributed by atoms with E-state index >= 15 is 0 Å². The van der Waals surface area contributed by atoms with Gasteiger partial charge in [0.25, 0.3) is 0 Å². The summed E-state index contributed by atoms with van der Waals surface area (Å²) in [6.07, 6.45) is 2.90. The van der Waals surface area contributed by atoms with Crippen molar-refractivity contribution in [1.29, 1.82) is 0 Å². The molecule has 2 aromatic heterocycles. The maximum Gasteiger partial charge on any atom is 0.348 e. The number of rotatable bonds is 2. The van der Waals surface area contributed by atoms with Crippen molar-refractivity contribution in [2.45, 2.75) is 6.92 Å². The van der Waals surface area contributed by atoms with Crippen LogP contribution in [0.1, 0.15) is 11.1 Å². The number of benzene rings is 1. The molecule has 1 aromatic carbocycles. The highest BCUT2D eigenvalue weighted by atomic mass is 16.4. The Labute approximate surface area is 120 Å². The van der Waals surface area contributed by atoms with Gasteiger partial charge in [-0.15, -0.1) is 0 Å². The van der Waals surface area contributed by atoms with Crippen molar-refractivity contribution in [3.8, 4) is 5.75 Å². The highest BCUT2D eigenvalue weighted by Crippen LogP contribution is 2.25. The molecule has 5 heteroatoms. The summed E-state index contributed by atoms with van der Waals surface area (Å²) >= 11 is 0. The van der Waals surface area contributed by atoms with E-state index in [9.17, 15) is 9.90 Å². The van der Waals surface area contributed by atoms with Crippen LogP contribution >= 0.6 is 0 Å². The molecule has 0 aliphatic heterocycles. The Hall–Kier alpha value is -2.95. The normalized spacial score (nSPS) is 11.3. The predicted octanol–water partition coefficient (Wildman–Crippen LogP) is 2.95. The molecule has 0 fully saturated rings. The summed E-state index contributed by atoms with van der Waals surface area (Å²) in [5.74, 6) is 0.320. The number of hydrogen-bond donors (Lipinski definition) is 1. The van der Waals surface area contributed by atoms with E-state index in [2.05, 4.69) is 9.98 Å². The molecule has 2 heterocycles. The van der Waals surface area contributed by atoms with Crippen LogP contribution in [-0.2, 0) is 0 Å². The van der Waals surface area contributed by atoms with E-state index in [-0.39, 0.29) is 11.3 Å². The van der Waals surface area contributed by atoms with Gasteiger partial charge < -0.3 is 9.52 Å². The standard InChI is InChI=1S/C16H12N2O3/c1-10-6-7-17-14(8-10)18-9-12-15(19)11-4-2-3-5-13(11)21-16(12)20/h2-9,19H,1H3. The largest absolute Gasteiger partial charge is 0.506 e. The summed E-state index contributed by atoms with van der Waals surface area (Å²) < 4.78 is 5.16. The van der Waals surface area contributed by atoms with Crippen molar-refractivity contribution in [1.82, 2.24) is 4.98 Å². The quantitative estimate of drug-likeness (QED) is 0.578. The zero-order valence-corrected chi connectivity index (χ0v) is 11.3. The van der Waals surface area contributed by atoms with Gasteiger partial charge in [-0.05, 0) is 36.8 Å². The van der Waals surface area contributed by atoms with Crippen LogP contribution in [0.15, 0.2) is 56.8 Å². The fraction of sp³-hybridized carbons (Fsp3) is 0.0625. The third-order valence-corrected chi connectivity index (χ3v) is 3.05. The zero-order chi connectivity index (χ0) is 14.8. The second-order valence-electron chi connectivity index (χ2n) is 4.60. The predicted molar refractivity (Wildman–Crippen MR) is 80.4 cm³/mol. The number of hydrogen-bond acceptors (Lipinski definition) is 5. The Bertz CT molecular complexity index is 897. The van der Waals surface area contributed by atoms with Crippen LogP contribution in [0.25, 0.3) is 11.0 Å². The Balaban J connectivity index is 2.10. The average Bonchev–Trinajstić information content (AvgIpc) is 2.47. The van der Waals surface area contributed by atoms with E-state index in [1.165, 1.54) is 6.21 Å². The van der Waals surface area contributed by atoms with Crippen molar-refractivity contribution >= 4 is 23.0 Å². The minimum atomic E-state index is -0.636. The minimum absolute atomic E-state index is 0.0111. The molecule has 0 radical (unpaired) electrons. The zero-order valence-electron chi connectivity index (χ0n) is 11.3. The van der Waals surface area contributed by atoms with Crippen molar-refractivity contribution in [2.24, 2.45) is 4.99 Å². The van der Waals surface area contributed by atoms with Crippen molar-refractivity contribution < 1.29 is 9.52 Å². The summed E-state index contributed by atoms with van der Waals surface area (Å²) in [5.41, 5.74) is 0.720. The Morgan fingerprint density at radius 3 is 2.90 bits per heavy atom. The molecule has 0 aliphatic rings. The van der Waals surface area contributed by atoms with E-state index in [1.54, 1.807) is 36.5 Å². The highest BCUT2D eigenvalue weighted by molar-refractivity contribution is 5.94. The number of aromatic hydroxyl groups is 1. The van der Waals surface area contributed by atoms with E-state index in [1.807, 2.05) is 13.0 Å². The van der Waals surface area contributed by atoms with Crippen LogP contribution in [0.2, 0.25) is 0 Å². The molecule has 0 spiro atoms. The molecule has 0 atom stereocenters. The third kappa shape index (κ3) is 2.53. The summed E-state index contributed by atoms with van der Waals surface area (Å²) in [6, 6.07) is 10.4. The minimum Gasteiger partial charge on any atom is -0.506 e. The van der Waals surface area contributed by atoms with Gasteiger partial charge in [-0.1, -0.05) is 12.1 Å². The molecule has 21 heavy (non-hydrogen) atoms. The molecule has 5 nitrogen and oxygen atoms in total. The summed E-state index contributed by atoms with van der Waals surface area (Å²) in [7, 11) is 0. The van der Waals surface area contributed by atoms with Gasteiger partial charge in [-0.25, -0.2) is 14.8 Å². The van der Waals surface area contributed by atoms with Crippen molar-refractivity contribution in [3.63, 3.8) is 0 Å². The van der Waals surface area contributed by atoms with Crippen LogP contribution in [-0.4, -0.2) is 16.3 Å². The van der Waals surface area contributed by atoms with Gasteiger partial charge in [0.2, 0.25) is 0 Å². The first-order chi connectivity index (χ1) is 10.1. The smallest absolute Gasteiger partial charge is 0.348 e. The highest BCUT2D eigenvalue weighted by Gasteiger charge is 2.11. The van der Waals surface area contributed by atoms with Gasteiger partial charge in [-0.2, -0.15) is 0 Å². The molecular weight excluding hydrogens is 268 g/mol. The molecule has 1 N–H and O–H groups in total. The molecular formula is C16H12N2O3. The molecule has 0 unspecified atom stereocenters. The fourth-order valence-electron chi connectivity index (χ4n) is 1.98. The average molecular weight is 280 g/mol. The van der Waals surface area contributed by atoms with E-state index < -0.39 is 5.63 Å². The van der Waals surface area contributed by atoms with Crippen LogP contribution in [0, 0.1) is 6.92 Å². The van der Waals surface area contributed by atoms with Crippen LogP contribution in [0.5, 0.6) is 5.75 Å². The lowest BCUT2D eigenvalue weighted by atomic mass is 10.1. The number of aromatic nitrogens is 1. The second-order valence-corrected chi connectivity index (χ2v) is 4.60. The van der Waals surface area contributed by atoms with Crippen LogP contribution in [0.3, 0.4) is 0 Å². The first kappa shape index (κ1) is 13.1. The van der Waals surface area contributed by atoms with Crippen LogP contribution < -0.4 is 5.63 Å². The maximum atomic E-state index is 11.9. The van der Waals surface area contributed by atoms with Gasteiger partial charge >= 0.3 is 5.63 Å². The molecule has 0 saturated heterocycles. The summed E-state index contributed by atoms with van der Waals surface area (Å²) in [6.45, 7) is 1.92. The number of fused-ring (bicyclic) bond motifs is 1. The second kappa shape index (κ2) is 5.20. The van der Waals surface area contributed by atoms with Crippen molar-refractivity contribution in [2.75, 3.05) is 0 Å². The van der Waals surface area contributed by atoms with E-state index in [0.29, 0.717) is 16.8 Å². The molecule has 104 valence electrons. The fourth-order valence-corrected chi connectivity index (χ4v) is 1.98. The van der Waals surface area contributed by atoms with Gasteiger partial charge in [-0.3, -0.25) is 0 Å². The Morgan fingerprint density at radius 2 is 2.10 bits per heavy atom. The molecule has 0 bridgehead atoms. The number of para-hydroxylation sites is 1. The molecule has 0 amide bonds. The molecule has 0 saturated carbocycles. The van der Waals surface area contributed by atoms with Crippen molar-refractivity contribution in [3.05, 3.63) is 64.1 Å². The van der Waals surface area contributed by atoms with Gasteiger partial charge in [0.05, 0.1) is 5.39 Å². The van der Waals surface area contributed by atoms with E-state index in [4.69, 9.17) is 4.42 Å². The lowest BCUT2D eigenvalue weighted by molar-refractivity contribution is 0.466. The topological polar surface area (TPSA) is 75.7 Å². The molecule has 3 aromatic rings. The number of pyridine rings is 1. The van der Waals surface area contributed by atoms with Crippen LogP contribution in [0.4, 0.5) is 5.82 Å². The molecule has 0 aliphatic carbocycles. The summed E-state index contributed by atoms with van der Waals surface area (Å²) in [5, 5.41) is 10.7. The van der Waals surface area contributed by atoms with E-state index in [0.717, 1.165) is 5.56 Å². The summed E-state index contributed by atoms with van der Waals surface area (Å²) in [4.78, 5) is 20.1. The SMILES string of the molecule is Cc1ccnc(N=Cc2c(O)c3ccccc3oc2=O)c1. The lowest BCUT2D eigenvalue weighted by Gasteiger charge is -2.02. The Morgan fingerprint density at radius 1 is 1.29 bits per heavy atom. The first-order valence-electron chi connectivity index (χ1n) is 6.36.